The van der Waals surface area contributed by atoms with Crippen molar-refractivity contribution in [1.82, 2.24) is 0 Å². The fourth-order valence-electron chi connectivity index (χ4n) is 2.46. The molecule has 1 N–H and O–H groups in total. The van der Waals surface area contributed by atoms with Crippen LogP contribution in [0.1, 0.15) is 37.7 Å². The molecule has 2 nitrogen and oxygen atoms in total. The molecule has 0 saturated heterocycles. The summed E-state index contributed by atoms with van der Waals surface area (Å²) in [6.07, 6.45) is 7.80. The van der Waals surface area contributed by atoms with E-state index in [1.54, 1.807) is 12.1 Å². The third kappa shape index (κ3) is 4.39. The zero-order valence-corrected chi connectivity index (χ0v) is 10.4. The SMILES string of the molecule is Oc1ccc(CCOCC2CCCCC2)cc1. The van der Waals surface area contributed by atoms with Gasteiger partial charge in [-0.1, -0.05) is 31.4 Å². The van der Waals surface area contributed by atoms with Crippen LogP contribution in [0.15, 0.2) is 24.3 Å². The van der Waals surface area contributed by atoms with Gasteiger partial charge in [-0.3, -0.25) is 0 Å². The molecule has 1 fully saturated rings. The van der Waals surface area contributed by atoms with Gasteiger partial charge in [-0.05, 0) is 42.9 Å². The Labute approximate surface area is 104 Å². The first-order valence-corrected chi connectivity index (χ1v) is 6.70. The minimum absolute atomic E-state index is 0.330. The summed E-state index contributed by atoms with van der Waals surface area (Å²) < 4.78 is 5.74. The van der Waals surface area contributed by atoms with E-state index in [0.717, 1.165) is 25.6 Å². The number of phenols is 1. The van der Waals surface area contributed by atoms with Crippen LogP contribution in [-0.2, 0) is 11.2 Å². The summed E-state index contributed by atoms with van der Waals surface area (Å²) in [6.45, 7) is 1.72. The molecule has 1 saturated carbocycles. The second-order valence-electron chi connectivity index (χ2n) is 5.00. The number of hydrogen-bond acceptors (Lipinski definition) is 2. The molecule has 1 aromatic carbocycles. The Balaban J connectivity index is 1.60. The van der Waals surface area contributed by atoms with Crippen molar-refractivity contribution in [2.75, 3.05) is 13.2 Å². The normalized spacial score (nSPS) is 17.2. The van der Waals surface area contributed by atoms with E-state index in [2.05, 4.69) is 0 Å². The zero-order chi connectivity index (χ0) is 11.9. The summed E-state index contributed by atoms with van der Waals surface area (Å²) in [5.74, 6) is 1.13. The van der Waals surface area contributed by atoms with E-state index in [1.165, 1.54) is 37.7 Å². The lowest BCUT2D eigenvalue weighted by Crippen LogP contribution is -2.14. The van der Waals surface area contributed by atoms with Crippen LogP contribution in [0.4, 0.5) is 0 Å². The second kappa shape index (κ2) is 6.65. The lowest BCUT2D eigenvalue weighted by atomic mass is 9.90. The van der Waals surface area contributed by atoms with Gasteiger partial charge in [-0.2, -0.15) is 0 Å². The van der Waals surface area contributed by atoms with Crippen LogP contribution >= 0.6 is 0 Å². The molecule has 0 atom stereocenters. The summed E-state index contributed by atoms with van der Waals surface area (Å²) in [4.78, 5) is 0. The summed E-state index contributed by atoms with van der Waals surface area (Å²) >= 11 is 0. The maximum Gasteiger partial charge on any atom is 0.115 e. The highest BCUT2D eigenvalue weighted by Gasteiger charge is 2.12. The van der Waals surface area contributed by atoms with Gasteiger partial charge in [0.15, 0.2) is 0 Å². The fourth-order valence-corrected chi connectivity index (χ4v) is 2.46. The van der Waals surface area contributed by atoms with Crippen molar-refractivity contribution >= 4 is 0 Å². The smallest absolute Gasteiger partial charge is 0.115 e. The summed E-state index contributed by atoms with van der Waals surface area (Å²) in [7, 11) is 0. The lowest BCUT2D eigenvalue weighted by molar-refractivity contribution is 0.0874. The van der Waals surface area contributed by atoms with Crippen LogP contribution in [0.25, 0.3) is 0 Å². The van der Waals surface area contributed by atoms with Crippen molar-refractivity contribution in [3.63, 3.8) is 0 Å². The van der Waals surface area contributed by atoms with E-state index < -0.39 is 0 Å². The van der Waals surface area contributed by atoms with Gasteiger partial charge >= 0.3 is 0 Å². The van der Waals surface area contributed by atoms with Crippen molar-refractivity contribution < 1.29 is 9.84 Å². The molecular weight excluding hydrogens is 212 g/mol. The van der Waals surface area contributed by atoms with E-state index in [-0.39, 0.29) is 0 Å². The molecule has 1 aromatic rings. The summed E-state index contributed by atoms with van der Waals surface area (Å²) in [5.41, 5.74) is 1.23. The molecule has 17 heavy (non-hydrogen) atoms. The Bertz CT molecular complexity index is 312. The zero-order valence-electron chi connectivity index (χ0n) is 10.4. The number of hydrogen-bond donors (Lipinski definition) is 1. The highest BCUT2D eigenvalue weighted by Crippen LogP contribution is 2.23. The molecule has 0 unspecified atom stereocenters. The van der Waals surface area contributed by atoms with E-state index >= 15 is 0 Å². The molecule has 2 heteroatoms. The molecule has 94 valence electrons. The molecule has 1 aliphatic carbocycles. The Kier molecular flexibility index (Phi) is 4.87. The number of phenolic OH excluding ortho intramolecular Hbond substituents is 1. The summed E-state index contributed by atoms with van der Waals surface area (Å²) in [6, 6.07) is 7.38. The van der Waals surface area contributed by atoms with Gasteiger partial charge in [-0.25, -0.2) is 0 Å². The van der Waals surface area contributed by atoms with Crippen LogP contribution in [-0.4, -0.2) is 18.3 Å². The first-order chi connectivity index (χ1) is 8.34. The minimum Gasteiger partial charge on any atom is -0.508 e. The minimum atomic E-state index is 0.330. The van der Waals surface area contributed by atoms with E-state index in [0.29, 0.717) is 5.75 Å². The van der Waals surface area contributed by atoms with Crippen molar-refractivity contribution in [2.24, 2.45) is 5.92 Å². The van der Waals surface area contributed by atoms with Gasteiger partial charge in [0.2, 0.25) is 0 Å². The average molecular weight is 234 g/mol. The number of ether oxygens (including phenoxy) is 1. The lowest BCUT2D eigenvalue weighted by Gasteiger charge is -2.21. The van der Waals surface area contributed by atoms with Gasteiger partial charge in [0.25, 0.3) is 0 Å². The molecule has 0 aliphatic heterocycles. The Morgan fingerprint density at radius 3 is 2.47 bits per heavy atom. The molecule has 0 radical (unpaired) electrons. The van der Waals surface area contributed by atoms with Crippen LogP contribution in [0.3, 0.4) is 0 Å². The van der Waals surface area contributed by atoms with E-state index in [1.807, 2.05) is 12.1 Å². The largest absolute Gasteiger partial charge is 0.508 e. The molecule has 2 rings (SSSR count). The van der Waals surface area contributed by atoms with Crippen LogP contribution in [0.5, 0.6) is 5.75 Å². The number of rotatable bonds is 5. The van der Waals surface area contributed by atoms with Gasteiger partial charge in [0, 0.05) is 6.61 Å². The fraction of sp³-hybridized carbons (Fsp3) is 0.600. The maximum atomic E-state index is 9.17. The third-order valence-electron chi connectivity index (χ3n) is 3.55. The van der Waals surface area contributed by atoms with Gasteiger partial charge in [0.05, 0.1) is 6.61 Å². The standard InChI is InChI=1S/C15H22O2/c16-15-8-6-13(7-9-15)10-11-17-12-14-4-2-1-3-5-14/h6-9,14,16H,1-5,10-12H2. The third-order valence-corrected chi connectivity index (χ3v) is 3.55. The van der Waals surface area contributed by atoms with Gasteiger partial charge in [0.1, 0.15) is 5.75 Å². The molecule has 0 spiro atoms. The number of aromatic hydroxyl groups is 1. The molecule has 0 heterocycles. The van der Waals surface area contributed by atoms with Crippen LogP contribution < -0.4 is 0 Å². The van der Waals surface area contributed by atoms with Crippen molar-refractivity contribution in [1.29, 1.82) is 0 Å². The first-order valence-electron chi connectivity index (χ1n) is 6.70. The van der Waals surface area contributed by atoms with E-state index in [9.17, 15) is 0 Å². The molecular formula is C15H22O2. The Morgan fingerprint density at radius 1 is 1.06 bits per heavy atom. The average Bonchev–Trinajstić information content (AvgIpc) is 2.38. The highest BCUT2D eigenvalue weighted by atomic mass is 16.5. The van der Waals surface area contributed by atoms with E-state index in [4.69, 9.17) is 9.84 Å². The molecule has 1 aliphatic rings. The highest BCUT2D eigenvalue weighted by molar-refractivity contribution is 5.25. The summed E-state index contributed by atoms with van der Waals surface area (Å²) in [5, 5.41) is 9.17. The molecule has 0 aromatic heterocycles. The Morgan fingerprint density at radius 2 is 1.76 bits per heavy atom. The van der Waals surface area contributed by atoms with Gasteiger partial charge < -0.3 is 9.84 Å². The Hall–Kier alpha value is -1.02. The monoisotopic (exact) mass is 234 g/mol. The predicted molar refractivity (Wildman–Crippen MR) is 69.2 cm³/mol. The van der Waals surface area contributed by atoms with Crippen molar-refractivity contribution in [3.8, 4) is 5.75 Å². The van der Waals surface area contributed by atoms with Crippen molar-refractivity contribution in [2.45, 2.75) is 38.5 Å². The second-order valence-corrected chi connectivity index (χ2v) is 5.00. The number of benzene rings is 1. The van der Waals surface area contributed by atoms with Crippen LogP contribution in [0.2, 0.25) is 0 Å². The molecule has 0 bridgehead atoms. The first kappa shape index (κ1) is 12.4. The predicted octanol–water partition coefficient (Wildman–Crippen LogP) is 3.53. The van der Waals surface area contributed by atoms with Crippen molar-refractivity contribution in [3.05, 3.63) is 29.8 Å². The van der Waals surface area contributed by atoms with Crippen LogP contribution in [0, 0.1) is 5.92 Å². The quantitative estimate of drug-likeness (QED) is 0.790. The topological polar surface area (TPSA) is 29.5 Å². The molecule has 0 amide bonds. The maximum absolute atomic E-state index is 9.17. The van der Waals surface area contributed by atoms with Gasteiger partial charge in [-0.15, -0.1) is 0 Å².